The molecule has 3 rings (SSSR count). The molecule has 0 bridgehead atoms. The molecule has 2 aromatic heterocycles. The second-order valence-electron chi connectivity index (χ2n) is 5.58. The van der Waals surface area contributed by atoms with Crippen LogP contribution in [0.25, 0.3) is 11.0 Å². The van der Waals surface area contributed by atoms with Gasteiger partial charge in [0, 0.05) is 38.9 Å². The summed E-state index contributed by atoms with van der Waals surface area (Å²) in [5, 5.41) is 3.24. The van der Waals surface area contributed by atoms with E-state index in [1.54, 1.807) is 0 Å². The summed E-state index contributed by atoms with van der Waals surface area (Å²) in [5.74, 6) is 0. The summed E-state index contributed by atoms with van der Waals surface area (Å²) in [7, 11) is -2.28. The minimum absolute atomic E-state index is 0. The summed E-state index contributed by atoms with van der Waals surface area (Å²) < 4.78 is 28.0. The number of H-pyrrole nitrogens is 1. The summed E-state index contributed by atoms with van der Waals surface area (Å²) >= 11 is 0. The monoisotopic (exact) mass is 375 g/mol. The molecule has 0 amide bonds. The van der Waals surface area contributed by atoms with Crippen molar-refractivity contribution in [2.45, 2.75) is 17.9 Å². The van der Waals surface area contributed by atoms with Crippen LogP contribution in [0.15, 0.2) is 26.7 Å². The van der Waals surface area contributed by atoms with Crippen LogP contribution in [0, 0.1) is 0 Å². The van der Waals surface area contributed by atoms with Crippen molar-refractivity contribution in [3.05, 3.63) is 33.1 Å². The van der Waals surface area contributed by atoms with Crippen molar-refractivity contribution in [1.82, 2.24) is 24.2 Å². The zero-order chi connectivity index (χ0) is 16.8. The molecule has 0 aromatic carbocycles. The number of sulfonamides is 1. The number of aromatic amines is 1. The van der Waals surface area contributed by atoms with Gasteiger partial charge in [-0.25, -0.2) is 18.2 Å². The van der Waals surface area contributed by atoms with Gasteiger partial charge >= 0.3 is 5.69 Å². The minimum Gasteiger partial charge on any atom is -0.312 e. The summed E-state index contributed by atoms with van der Waals surface area (Å²) in [6.45, 7) is 3.18. The molecule has 1 atom stereocenters. The summed E-state index contributed by atoms with van der Waals surface area (Å²) in [5.41, 5.74) is -1.10. The Hall–Kier alpha value is -1.75. The highest BCUT2D eigenvalue weighted by Gasteiger charge is 2.29. The van der Waals surface area contributed by atoms with Gasteiger partial charge in [-0.3, -0.25) is 14.3 Å². The van der Waals surface area contributed by atoms with Crippen LogP contribution in [-0.4, -0.2) is 52.9 Å². The number of nitrogens with zero attached hydrogens (tertiary/aromatic N) is 3. The summed E-state index contributed by atoms with van der Waals surface area (Å²) in [6.07, 6.45) is 1.18. The molecule has 9 nitrogen and oxygen atoms in total. The van der Waals surface area contributed by atoms with Crippen molar-refractivity contribution in [3.63, 3.8) is 0 Å². The first-order valence-electron chi connectivity index (χ1n) is 7.13. The third-order valence-corrected chi connectivity index (χ3v) is 5.73. The number of fused-ring (bicyclic) bond motifs is 1. The molecule has 0 radical (unpaired) electrons. The van der Waals surface area contributed by atoms with Gasteiger partial charge in [0.1, 0.15) is 10.5 Å². The third-order valence-electron chi connectivity index (χ3n) is 3.90. The van der Waals surface area contributed by atoms with Crippen LogP contribution in [-0.2, 0) is 17.1 Å². The fraction of sp³-hybridized carbons (Fsp3) is 0.462. The fourth-order valence-electron chi connectivity index (χ4n) is 2.62. The number of nitrogens with one attached hydrogen (secondary N) is 2. The van der Waals surface area contributed by atoms with E-state index in [4.69, 9.17) is 0 Å². The molecule has 1 fully saturated rings. The smallest absolute Gasteiger partial charge is 0.312 e. The van der Waals surface area contributed by atoms with Crippen LogP contribution in [0.4, 0.5) is 0 Å². The van der Waals surface area contributed by atoms with Crippen molar-refractivity contribution in [2.24, 2.45) is 7.05 Å². The zero-order valence-electron chi connectivity index (χ0n) is 13.1. The SMILES string of the molecule is CC1CN(S(=O)(=O)c2cnc3c(c2)c(=O)[nH]c(=O)n3C)CCN1.Cl. The zero-order valence-corrected chi connectivity index (χ0v) is 14.8. The van der Waals surface area contributed by atoms with Gasteiger partial charge in [-0.1, -0.05) is 0 Å². The molecular weight excluding hydrogens is 358 g/mol. The Morgan fingerprint density at radius 3 is 2.71 bits per heavy atom. The van der Waals surface area contributed by atoms with Gasteiger partial charge in [0.15, 0.2) is 0 Å². The number of aromatic nitrogens is 3. The van der Waals surface area contributed by atoms with E-state index in [0.29, 0.717) is 19.6 Å². The summed E-state index contributed by atoms with van der Waals surface area (Å²) in [6, 6.07) is 1.32. The Morgan fingerprint density at radius 2 is 2.04 bits per heavy atom. The van der Waals surface area contributed by atoms with Crippen molar-refractivity contribution in [2.75, 3.05) is 19.6 Å². The Balaban J connectivity index is 0.00000208. The van der Waals surface area contributed by atoms with Crippen LogP contribution in [0.5, 0.6) is 0 Å². The lowest BCUT2D eigenvalue weighted by Gasteiger charge is -2.30. The van der Waals surface area contributed by atoms with E-state index in [9.17, 15) is 18.0 Å². The molecule has 2 aromatic rings. The molecular formula is C13H18ClN5O4S. The number of aryl methyl sites for hydroxylation is 1. The molecule has 24 heavy (non-hydrogen) atoms. The number of rotatable bonds is 2. The van der Waals surface area contributed by atoms with Gasteiger partial charge in [0.05, 0.1) is 5.39 Å². The van der Waals surface area contributed by atoms with E-state index in [1.807, 2.05) is 6.92 Å². The average molecular weight is 376 g/mol. The van der Waals surface area contributed by atoms with E-state index in [0.717, 1.165) is 0 Å². The van der Waals surface area contributed by atoms with Crippen LogP contribution in [0.1, 0.15) is 6.92 Å². The van der Waals surface area contributed by atoms with Gasteiger partial charge in [0.2, 0.25) is 10.0 Å². The van der Waals surface area contributed by atoms with Crippen LogP contribution >= 0.6 is 12.4 Å². The van der Waals surface area contributed by atoms with Crippen LogP contribution < -0.4 is 16.6 Å². The fourth-order valence-corrected chi connectivity index (χ4v) is 4.12. The van der Waals surface area contributed by atoms with E-state index < -0.39 is 21.3 Å². The van der Waals surface area contributed by atoms with Gasteiger partial charge < -0.3 is 5.32 Å². The number of halogens is 1. The highest BCUT2D eigenvalue weighted by atomic mass is 35.5. The second-order valence-corrected chi connectivity index (χ2v) is 7.52. The number of pyridine rings is 1. The molecule has 3 heterocycles. The molecule has 0 spiro atoms. The van der Waals surface area contributed by atoms with Crippen molar-refractivity contribution < 1.29 is 8.42 Å². The first-order chi connectivity index (χ1) is 10.8. The van der Waals surface area contributed by atoms with E-state index in [-0.39, 0.29) is 34.4 Å². The lowest BCUT2D eigenvalue weighted by atomic mass is 10.3. The van der Waals surface area contributed by atoms with Gasteiger partial charge in [-0.15, -0.1) is 12.4 Å². The lowest BCUT2D eigenvalue weighted by molar-refractivity contribution is 0.310. The average Bonchev–Trinajstić information content (AvgIpc) is 2.52. The highest BCUT2D eigenvalue weighted by molar-refractivity contribution is 7.89. The molecule has 1 aliphatic rings. The molecule has 132 valence electrons. The third kappa shape index (κ3) is 3.09. The van der Waals surface area contributed by atoms with E-state index in [1.165, 1.54) is 28.2 Å². The molecule has 2 N–H and O–H groups in total. The second kappa shape index (κ2) is 6.63. The molecule has 0 aliphatic carbocycles. The van der Waals surface area contributed by atoms with Crippen molar-refractivity contribution >= 4 is 33.5 Å². The minimum atomic E-state index is -3.74. The number of hydrogen-bond donors (Lipinski definition) is 2. The Morgan fingerprint density at radius 1 is 1.33 bits per heavy atom. The standard InChI is InChI=1S/C13H17N5O4S.ClH/c1-8-7-18(4-3-14-8)23(21,22)9-5-10-11(15-6-9)17(2)13(20)16-12(10)19;/h5-6,8,14H,3-4,7H2,1-2H3,(H,16,19,20);1H. The molecule has 1 unspecified atom stereocenters. The van der Waals surface area contributed by atoms with E-state index in [2.05, 4.69) is 15.3 Å². The largest absolute Gasteiger partial charge is 0.329 e. The number of hydrogen-bond acceptors (Lipinski definition) is 6. The molecule has 0 saturated carbocycles. The van der Waals surface area contributed by atoms with Crippen LogP contribution in [0.3, 0.4) is 0 Å². The molecule has 1 saturated heterocycles. The maximum Gasteiger partial charge on any atom is 0.329 e. The lowest BCUT2D eigenvalue weighted by Crippen LogP contribution is -2.51. The maximum atomic E-state index is 12.7. The van der Waals surface area contributed by atoms with Gasteiger partial charge in [-0.2, -0.15) is 4.31 Å². The quantitative estimate of drug-likeness (QED) is 0.697. The molecule has 11 heteroatoms. The Labute approximate surface area is 144 Å². The van der Waals surface area contributed by atoms with E-state index >= 15 is 0 Å². The van der Waals surface area contributed by atoms with Gasteiger partial charge in [0.25, 0.3) is 5.56 Å². The van der Waals surface area contributed by atoms with Crippen molar-refractivity contribution in [1.29, 1.82) is 0 Å². The first-order valence-corrected chi connectivity index (χ1v) is 8.57. The van der Waals surface area contributed by atoms with Crippen molar-refractivity contribution in [3.8, 4) is 0 Å². The number of piperazine rings is 1. The van der Waals surface area contributed by atoms with Gasteiger partial charge in [-0.05, 0) is 13.0 Å². The first kappa shape index (κ1) is 18.6. The maximum absolute atomic E-state index is 12.7. The Bertz CT molecular complexity index is 984. The highest BCUT2D eigenvalue weighted by Crippen LogP contribution is 2.18. The van der Waals surface area contributed by atoms with Crippen LogP contribution in [0.2, 0.25) is 0 Å². The summed E-state index contributed by atoms with van der Waals surface area (Å²) in [4.78, 5) is 29.6. The Kier molecular flexibility index (Phi) is 5.14. The predicted octanol–water partition coefficient (Wildman–Crippen LogP) is -0.974. The predicted molar refractivity (Wildman–Crippen MR) is 91.1 cm³/mol. The molecule has 1 aliphatic heterocycles. The topological polar surface area (TPSA) is 117 Å². The normalized spacial score (nSPS) is 19.2.